The maximum absolute atomic E-state index is 13.1. The molecule has 3 rings (SSSR count). The fourth-order valence-electron chi connectivity index (χ4n) is 3.60. The van der Waals surface area contributed by atoms with E-state index in [9.17, 15) is 26.4 Å². The third-order valence-corrected chi connectivity index (χ3v) is 8.39. The number of sulfonamides is 1. The van der Waals surface area contributed by atoms with Gasteiger partial charge in [0.15, 0.2) is 9.84 Å². The molecular formula is C21H24N2O7S2. The number of esters is 1. The van der Waals surface area contributed by atoms with E-state index in [1.807, 2.05) is 0 Å². The summed E-state index contributed by atoms with van der Waals surface area (Å²) in [6.45, 7) is 0.174. The Morgan fingerprint density at radius 2 is 1.50 bits per heavy atom. The molecule has 1 heterocycles. The van der Waals surface area contributed by atoms with Crippen LogP contribution in [-0.2, 0) is 29.4 Å². The molecule has 2 aromatic carbocycles. The standard InChI is InChI=1S/C21H24N2O7S2/c1-30-21(25)16-7-3-5-9-18(16)32(28,29)23-13-11-15(12-14-23)20(24)22-17-8-4-6-10-19(17)31(2,26)27/h3-10,15H,11-14H2,1-2H3,(H,22,24). The van der Waals surface area contributed by atoms with E-state index in [-0.39, 0.29) is 52.9 Å². The number of sulfone groups is 1. The average molecular weight is 481 g/mol. The van der Waals surface area contributed by atoms with E-state index in [1.165, 1.54) is 41.7 Å². The van der Waals surface area contributed by atoms with Crippen LogP contribution in [0.4, 0.5) is 5.69 Å². The number of methoxy groups -OCH3 is 1. The second kappa shape index (κ2) is 9.39. The molecule has 172 valence electrons. The largest absolute Gasteiger partial charge is 0.465 e. The number of ether oxygens (including phenoxy) is 1. The predicted octanol–water partition coefficient (Wildman–Crippen LogP) is 1.92. The molecule has 0 aromatic heterocycles. The molecule has 1 aliphatic heterocycles. The first-order valence-electron chi connectivity index (χ1n) is 9.83. The molecule has 0 bridgehead atoms. The van der Waals surface area contributed by atoms with Crippen LogP contribution in [0.1, 0.15) is 23.2 Å². The van der Waals surface area contributed by atoms with Gasteiger partial charge in [-0.05, 0) is 37.1 Å². The van der Waals surface area contributed by atoms with Gasteiger partial charge in [0.1, 0.15) is 0 Å². The smallest absolute Gasteiger partial charge is 0.339 e. The lowest BCUT2D eigenvalue weighted by molar-refractivity contribution is -0.120. The number of anilines is 1. The Bertz CT molecular complexity index is 1230. The van der Waals surface area contributed by atoms with Gasteiger partial charge in [0.25, 0.3) is 0 Å². The molecule has 0 radical (unpaired) electrons. The Kier molecular flexibility index (Phi) is 7.01. The minimum atomic E-state index is -3.96. The van der Waals surface area contributed by atoms with Crippen molar-refractivity contribution in [3.63, 3.8) is 0 Å². The topological polar surface area (TPSA) is 127 Å². The van der Waals surface area contributed by atoms with Crippen LogP contribution in [0.2, 0.25) is 0 Å². The van der Waals surface area contributed by atoms with Crippen LogP contribution in [0, 0.1) is 5.92 Å². The molecule has 11 heteroatoms. The van der Waals surface area contributed by atoms with E-state index in [0.717, 1.165) is 6.26 Å². The summed E-state index contributed by atoms with van der Waals surface area (Å²) in [7, 11) is -6.30. The van der Waals surface area contributed by atoms with Crippen molar-refractivity contribution in [3.8, 4) is 0 Å². The summed E-state index contributed by atoms with van der Waals surface area (Å²) in [4.78, 5) is 24.6. The number of nitrogens with zero attached hydrogens (tertiary/aromatic N) is 1. The molecule has 9 nitrogen and oxygen atoms in total. The quantitative estimate of drug-likeness (QED) is 0.626. The first-order chi connectivity index (χ1) is 15.1. The van der Waals surface area contributed by atoms with Crippen molar-refractivity contribution < 1.29 is 31.2 Å². The summed E-state index contributed by atoms with van der Waals surface area (Å²) in [6, 6.07) is 11.9. The molecule has 32 heavy (non-hydrogen) atoms. The number of amides is 1. The van der Waals surface area contributed by atoms with Gasteiger partial charge in [-0.25, -0.2) is 21.6 Å². The first-order valence-corrected chi connectivity index (χ1v) is 13.2. The van der Waals surface area contributed by atoms with Gasteiger partial charge in [-0.3, -0.25) is 4.79 Å². The van der Waals surface area contributed by atoms with E-state index in [1.54, 1.807) is 18.2 Å². The maximum atomic E-state index is 13.1. The third kappa shape index (κ3) is 5.00. The Hall–Kier alpha value is -2.76. The molecule has 0 unspecified atom stereocenters. The number of carbonyl (C=O) groups excluding carboxylic acids is 2. The highest BCUT2D eigenvalue weighted by Crippen LogP contribution is 2.28. The van der Waals surface area contributed by atoms with Gasteiger partial charge >= 0.3 is 5.97 Å². The predicted molar refractivity (Wildman–Crippen MR) is 117 cm³/mol. The zero-order valence-electron chi connectivity index (χ0n) is 17.6. The summed E-state index contributed by atoms with van der Waals surface area (Å²) in [5.41, 5.74) is 0.148. The monoisotopic (exact) mass is 480 g/mol. The van der Waals surface area contributed by atoms with Crippen molar-refractivity contribution in [1.29, 1.82) is 0 Å². The highest BCUT2D eigenvalue weighted by atomic mass is 32.2. The molecular weight excluding hydrogens is 456 g/mol. The van der Waals surface area contributed by atoms with Crippen molar-refractivity contribution in [2.75, 3.05) is 31.8 Å². The number of piperidine rings is 1. The number of carbonyl (C=O) groups is 2. The lowest BCUT2D eigenvalue weighted by atomic mass is 9.97. The summed E-state index contributed by atoms with van der Waals surface area (Å²) in [6.07, 6.45) is 1.58. The molecule has 1 amide bonds. The van der Waals surface area contributed by atoms with Crippen LogP contribution in [0.5, 0.6) is 0 Å². The molecule has 1 saturated heterocycles. The molecule has 0 aliphatic carbocycles. The van der Waals surface area contributed by atoms with Gasteiger partial charge in [-0.15, -0.1) is 0 Å². The molecule has 0 saturated carbocycles. The lowest BCUT2D eigenvalue weighted by Crippen LogP contribution is -2.41. The highest BCUT2D eigenvalue weighted by molar-refractivity contribution is 7.91. The van der Waals surface area contributed by atoms with Crippen molar-refractivity contribution in [3.05, 3.63) is 54.1 Å². The molecule has 2 aromatic rings. The van der Waals surface area contributed by atoms with E-state index in [0.29, 0.717) is 0 Å². The zero-order valence-corrected chi connectivity index (χ0v) is 19.3. The summed E-state index contributed by atoms with van der Waals surface area (Å²) >= 11 is 0. The van der Waals surface area contributed by atoms with E-state index in [4.69, 9.17) is 0 Å². The fourth-order valence-corrected chi connectivity index (χ4v) is 6.09. The normalized spacial score (nSPS) is 15.8. The van der Waals surface area contributed by atoms with Crippen LogP contribution in [0.15, 0.2) is 58.3 Å². The van der Waals surface area contributed by atoms with E-state index >= 15 is 0 Å². The zero-order chi connectivity index (χ0) is 23.5. The molecule has 1 aliphatic rings. The molecule has 0 atom stereocenters. The van der Waals surface area contributed by atoms with Crippen molar-refractivity contribution in [2.24, 2.45) is 5.92 Å². The maximum Gasteiger partial charge on any atom is 0.339 e. The SMILES string of the molecule is COC(=O)c1ccccc1S(=O)(=O)N1CCC(C(=O)Nc2ccccc2S(C)(=O)=O)CC1. The summed E-state index contributed by atoms with van der Waals surface area (Å²) < 4.78 is 56.0. The summed E-state index contributed by atoms with van der Waals surface area (Å²) in [5, 5.41) is 2.66. The van der Waals surface area contributed by atoms with Crippen molar-refractivity contribution >= 4 is 37.4 Å². The van der Waals surface area contributed by atoms with Gasteiger partial charge in [0.2, 0.25) is 15.9 Å². The summed E-state index contributed by atoms with van der Waals surface area (Å²) in [5.74, 6) is -1.60. The lowest BCUT2D eigenvalue weighted by Gasteiger charge is -2.31. The number of nitrogens with one attached hydrogen (secondary N) is 1. The molecule has 1 N–H and O–H groups in total. The second-order valence-electron chi connectivity index (χ2n) is 7.42. The van der Waals surface area contributed by atoms with Crippen LogP contribution < -0.4 is 5.32 Å². The minimum absolute atomic E-state index is 0.0211. The minimum Gasteiger partial charge on any atom is -0.465 e. The first kappa shape index (κ1) is 23.9. The van der Waals surface area contributed by atoms with Gasteiger partial charge in [0.05, 0.1) is 28.2 Å². The Morgan fingerprint density at radius 1 is 0.938 bits per heavy atom. The second-order valence-corrected chi connectivity index (χ2v) is 11.3. The van der Waals surface area contributed by atoms with Gasteiger partial charge in [-0.1, -0.05) is 24.3 Å². The Labute approximate surface area is 187 Å². The number of hydrogen-bond acceptors (Lipinski definition) is 7. The fraction of sp³-hybridized carbons (Fsp3) is 0.333. The van der Waals surface area contributed by atoms with Crippen LogP contribution in [0.3, 0.4) is 0 Å². The van der Waals surface area contributed by atoms with E-state index < -0.39 is 31.7 Å². The molecule has 0 spiro atoms. The number of benzene rings is 2. The Balaban J connectivity index is 1.72. The molecule has 1 fully saturated rings. The number of para-hydroxylation sites is 1. The highest BCUT2D eigenvalue weighted by Gasteiger charge is 2.34. The van der Waals surface area contributed by atoms with Crippen molar-refractivity contribution in [1.82, 2.24) is 4.31 Å². The van der Waals surface area contributed by atoms with Gasteiger partial charge in [-0.2, -0.15) is 4.31 Å². The van der Waals surface area contributed by atoms with Gasteiger partial charge < -0.3 is 10.1 Å². The van der Waals surface area contributed by atoms with Crippen molar-refractivity contribution in [2.45, 2.75) is 22.6 Å². The average Bonchev–Trinajstić information content (AvgIpc) is 2.78. The Morgan fingerprint density at radius 3 is 2.09 bits per heavy atom. The van der Waals surface area contributed by atoms with Gasteiger partial charge in [0, 0.05) is 25.3 Å². The number of hydrogen-bond donors (Lipinski definition) is 1. The number of rotatable bonds is 6. The van der Waals surface area contributed by atoms with E-state index in [2.05, 4.69) is 10.1 Å². The van der Waals surface area contributed by atoms with Crippen LogP contribution >= 0.6 is 0 Å². The van der Waals surface area contributed by atoms with Crippen LogP contribution in [0.25, 0.3) is 0 Å². The third-order valence-electron chi connectivity index (χ3n) is 5.28. The van der Waals surface area contributed by atoms with Crippen LogP contribution in [-0.4, -0.2) is 59.5 Å².